The third-order valence-electron chi connectivity index (χ3n) is 2.39. The smallest absolute Gasteiger partial charge is 0.0734 e. The molecule has 0 spiro atoms. The summed E-state index contributed by atoms with van der Waals surface area (Å²) in [6.45, 7) is 3.97. The lowest BCUT2D eigenvalue weighted by Gasteiger charge is -2.27. The second-order valence-electron chi connectivity index (χ2n) is 3.91. The van der Waals surface area contributed by atoms with Crippen molar-refractivity contribution in [1.82, 2.24) is 5.48 Å². The number of hydrogen-bond donors (Lipinski definition) is 1. The molecule has 1 rings (SSSR count). The van der Waals surface area contributed by atoms with Gasteiger partial charge in [0.2, 0.25) is 0 Å². The lowest BCUT2D eigenvalue weighted by Crippen LogP contribution is -2.39. The zero-order valence-electron chi connectivity index (χ0n) is 8.42. The van der Waals surface area contributed by atoms with Crippen molar-refractivity contribution >= 4 is 0 Å². The van der Waals surface area contributed by atoms with Gasteiger partial charge in [-0.15, -0.1) is 0 Å². The average molecular weight is 182 g/mol. The van der Waals surface area contributed by atoms with E-state index in [1.54, 1.807) is 0 Å². The maximum absolute atomic E-state index is 8.88. The largest absolute Gasteiger partial charge is 0.299 e. The van der Waals surface area contributed by atoms with E-state index in [-0.39, 0.29) is 18.1 Å². The van der Waals surface area contributed by atoms with Crippen molar-refractivity contribution in [1.29, 1.82) is 5.26 Å². The van der Waals surface area contributed by atoms with Gasteiger partial charge < -0.3 is 0 Å². The van der Waals surface area contributed by atoms with Gasteiger partial charge in [0.05, 0.1) is 18.1 Å². The summed E-state index contributed by atoms with van der Waals surface area (Å²) in [4.78, 5) is 5.31. The van der Waals surface area contributed by atoms with E-state index in [4.69, 9.17) is 10.1 Å². The van der Waals surface area contributed by atoms with Crippen molar-refractivity contribution in [3.8, 4) is 6.07 Å². The monoisotopic (exact) mass is 182 g/mol. The number of hydroxylamine groups is 1. The van der Waals surface area contributed by atoms with Crippen molar-refractivity contribution < 1.29 is 4.84 Å². The number of rotatable bonds is 3. The Bertz CT molecular complexity index is 186. The molecule has 0 radical (unpaired) electrons. The molecule has 74 valence electrons. The number of nitrogens with one attached hydrogen (secondary N) is 1. The first-order valence-electron chi connectivity index (χ1n) is 5.05. The normalized spacial score (nSPS) is 28.8. The summed E-state index contributed by atoms with van der Waals surface area (Å²) in [5, 5.41) is 8.88. The fraction of sp³-hybridized carbons (Fsp3) is 0.900. The minimum absolute atomic E-state index is 0.132. The van der Waals surface area contributed by atoms with Gasteiger partial charge in [0.15, 0.2) is 0 Å². The standard InChI is InChI=1S/C10H18N2O/c1-8(2)13-12-10-6-4-3-5-9(10)7-11/h8-10,12H,3-6H2,1-2H3. The summed E-state index contributed by atoms with van der Waals surface area (Å²) in [5.41, 5.74) is 3.00. The van der Waals surface area contributed by atoms with Crippen molar-refractivity contribution in [3.05, 3.63) is 0 Å². The summed E-state index contributed by atoms with van der Waals surface area (Å²) in [7, 11) is 0. The highest BCUT2D eigenvalue weighted by atomic mass is 16.7. The van der Waals surface area contributed by atoms with Gasteiger partial charge in [0.1, 0.15) is 0 Å². The second kappa shape index (κ2) is 5.21. The molecule has 0 aromatic rings. The van der Waals surface area contributed by atoms with Gasteiger partial charge in [-0.25, -0.2) is 0 Å². The quantitative estimate of drug-likeness (QED) is 0.679. The SMILES string of the molecule is CC(C)ONC1CCCCC1C#N. The minimum atomic E-state index is 0.132. The first kappa shape index (κ1) is 10.5. The Hall–Kier alpha value is -0.590. The van der Waals surface area contributed by atoms with Gasteiger partial charge in [-0.1, -0.05) is 12.8 Å². The Balaban J connectivity index is 2.33. The van der Waals surface area contributed by atoms with Crippen LogP contribution in [0.3, 0.4) is 0 Å². The van der Waals surface area contributed by atoms with Gasteiger partial charge in [-0.05, 0) is 26.7 Å². The molecule has 13 heavy (non-hydrogen) atoms. The summed E-state index contributed by atoms with van der Waals surface area (Å²) < 4.78 is 0. The van der Waals surface area contributed by atoms with E-state index in [2.05, 4.69) is 11.5 Å². The topological polar surface area (TPSA) is 45.0 Å². The van der Waals surface area contributed by atoms with Crippen molar-refractivity contribution in [2.24, 2.45) is 5.92 Å². The molecule has 0 aliphatic heterocycles. The zero-order valence-corrected chi connectivity index (χ0v) is 8.42. The van der Waals surface area contributed by atoms with Gasteiger partial charge in [-0.2, -0.15) is 10.7 Å². The van der Waals surface area contributed by atoms with E-state index in [0.29, 0.717) is 0 Å². The van der Waals surface area contributed by atoms with Crippen LogP contribution in [0.4, 0.5) is 0 Å². The predicted molar refractivity (Wildman–Crippen MR) is 50.7 cm³/mol. The first-order valence-corrected chi connectivity index (χ1v) is 5.05. The van der Waals surface area contributed by atoms with Gasteiger partial charge in [-0.3, -0.25) is 4.84 Å². The van der Waals surface area contributed by atoms with Crippen LogP contribution >= 0.6 is 0 Å². The molecule has 0 heterocycles. The zero-order chi connectivity index (χ0) is 9.68. The Morgan fingerprint density at radius 3 is 2.69 bits per heavy atom. The highest BCUT2D eigenvalue weighted by Crippen LogP contribution is 2.23. The summed E-state index contributed by atoms with van der Waals surface area (Å²) >= 11 is 0. The molecule has 0 aromatic heterocycles. The van der Waals surface area contributed by atoms with Crippen LogP contribution in [0.1, 0.15) is 39.5 Å². The summed E-state index contributed by atoms with van der Waals surface area (Å²) in [6, 6.07) is 2.57. The third kappa shape index (κ3) is 3.33. The molecule has 1 aliphatic carbocycles. The predicted octanol–water partition coefficient (Wildman–Crippen LogP) is 2.00. The summed E-state index contributed by atoms with van der Waals surface area (Å²) in [6.07, 6.45) is 4.64. The van der Waals surface area contributed by atoms with Gasteiger partial charge in [0.25, 0.3) is 0 Å². The fourth-order valence-corrected chi connectivity index (χ4v) is 1.65. The van der Waals surface area contributed by atoms with E-state index in [0.717, 1.165) is 12.8 Å². The van der Waals surface area contributed by atoms with Crippen LogP contribution in [-0.4, -0.2) is 12.1 Å². The van der Waals surface area contributed by atoms with E-state index >= 15 is 0 Å². The molecule has 1 aliphatic rings. The Kier molecular flexibility index (Phi) is 4.20. The molecule has 1 N–H and O–H groups in total. The maximum Gasteiger partial charge on any atom is 0.0734 e. The lowest BCUT2D eigenvalue weighted by molar-refractivity contribution is -0.0394. The van der Waals surface area contributed by atoms with Crippen LogP contribution in [0.15, 0.2) is 0 Å². The molecular weight excluding hydrogens is 164 g/mol. The Labute approximate surface area is 80.0 Å². The Morgan fingerprint density at radius 1 is 1.38 bits per heavy atom. The molecule has 0 saturated heterocycles. The summed E-state index contributed by atoms with van der Waals surface area (Å²) in [5.74, 6) is 0.132. The van der Waals surface area contributed by atoms with Crippen LogP contribution in [-0.2, 0) is 4.84 Å². The molecule has 2 atom stereocenters. The van der Waals surface area contributed by atoms with Gasteiger partial charge >= 0.3 is 0 Å². The Morgan fingerprint density at radius 2 is 2.08 bits per heavy atom. The van der Waals surface area contributed by atoms with Crippen LogP contribution in [0, 0.1) is 17.2 Å². The molecule has 1 saturated carbocycles. The van der Waals surface area contributed by atoms with Crippen LogP contribution in [0.5, 0.6) is 0 Å². The average Bonchev–Trinajstić information content (AvgIpc) is 2.15. The number of hydrogen-bond acceptors (Lipinski definition) is 3. The molecule has 1 fully saturated rings. The molecular formula is C10H18N2O. The van der Waals surface area contributed by atoms with Crippen molar-refractivity contribution in [2.75, 3.05) is 0 Å². The molecule has 3 heteroatoms. The molecule has 2 unspecified atom stereocenters. The number of nitrogens with zero attached hydrogens (tertiary/aromatic N) is 1. The first-order chi connectivity index (χ1) is 6.24. The van der Waals surface area contributed by atoms with E-state index in [1.807, 2.05) is 13.8 Å². The van der Waals surface area contributed by atoms with E-state index in [9.17, 15) is 0 Å². The minimum Gasteiger partial charge on any atom is -0.299 e. The maximum atomic E-state index is 8.88. The number of nitriles is 1. The highest BCUT2D eigenvalue weighted by Gasteiger charge is 2.24. The highest BCUT2D eigenvalue weighted by molar-refractivity contribution is 4.93. The lowest BCUT2D eigenvalue weighted by atomic mass is 9.86. The second-order valence-corrected chi connectivity index (χ2v) is 3.91. The molecule has 0 bridgehead atoms. The van der Waals surface area contributed by atoms with E-state index in [1.165, 1.54) is 12.8 Å². The molecule has 3 nitrogen and oxygen atoms in total. The molecule has 0 aromatic carbocycles. The van der Waals surface area contributed by atoms with Crippen molar-refractivity contribution in [2.45, 2.75) is 51.7 Å². The van der Waals surface area contributed by atoms with Crippen LogP contribution < -0.4 is 5.48 Å². The third-order valence-corrected chi connectivity index (χ3v) is 2.39. The molecule has 0 amide bonds. The van der Waals surface area contributed by atoms with Gasteiger partial charge in [0, 0.05) is 6.04 Å². The van der Waals surface area contributed by atoms with Crippen LogP contribution in [0.25, 0.3) is 0 Å². The van der Waals surface area contributed by atoms with E-state index < -0.39 is 0 Å². The fourth-order valence-electron chi connectivity index (χ4n) is 1.65. The van der Waals surface area contributed by atoms with Crippen molar-refractivity contribution in [3.63, 3.8) is 0 Å². The van der Waals surface area contributed by atoms with Crippen LogP contribution in [0.2, 0.25) is 0 Å².